The van der Waals surface area contributed by atoms with E-state index in [1.54, 1.807) is 12.1 Å². The average molecular weight is 603 g/mol. The summed E-state index contributed by atoms with van der Waals surface area (Å²) in [5.41, 5.74) is 12.1. The lowest BCUT2D eigenvalue weighted by Crippen LogP contribution is -2.12. The molecule has 0 fully saturated rings. The fourth-order valence-electron chi connectivity index (χ4n) is 5.82. The summed E-state index contributed by atoms with van der Waals surface area (Å²) in [4.78, 5) is 31.0. The lowest BCUT2D eigenvalue weighted by molar-refractivity contribution is -0.125. The standard InChI is InChI=1S/C34H38N2O4S2/c1-3-21-9-11-26(37)17-30(38)23-10-12-27(28-18-31(39)32(40-2)16-24(28)14-23)25-15-29(34(35)36-19-25)33(42-41-20-21)13-22-7-5-4-6-8-22/h4-8,14-16,18-19,21,27,33,39H,3,9-13,17,20H2,1-2H3,(H2,35,36). The van der Waals surface area contributed by atoms with Gasteiger partial charge < -0.3 is 15.6 Å². The number of allylic oxidation sites excluding steroid dienone is 1. The Morgan fingerprint density at radius 3 is 2.64 bits per heavy atom. The Bertz CT molecular complexity index is 1470. The molecule has 1 aliphatic heterocycles. The van der Waals surface area contributed by atoms with Crippen LogP contribution in [0.25, 0.3) is 6.08 Å². The third-order valence-corrected chi connectivity index (χ3v) is 11.3. The van der Waals surface area contributed by atoms with E-state index in [2.05, 4.69) is 42.2 Å². The third kappa shape index (κ3) is 7.04. The molecule has 8 heteroatoms. The van der Waals surface area contributed by atoms with E-state index in [1.165, 1.54) is 12.7 Å². The first kappa shape index (κ1) is 30.2. The van der Waals surface area contributed by atoms with Gasteiger partial charge in [0.2, 0.25) is 0 Å². The van der Waals surface area contributed by atoms with Crippen molar-refractivity contribution >= 4 is 45.0 Å². The molecular formula is C34H38N2O4S2. The van der Waals surface area contributed by atoms with Crippen molar-refractivity contribution in [2.75, 3.05) is 18.6 Å². The Hall–Kier alpha value is -3.23. The number of aromatic hydroxyl groups is 1. The van der Waals surface area contributed by atoms with Crippen molar-refractivity contribution in [2.45, 2.75) is 63.0 Å². The molecule has 3 unspecified atom stereocenters. The van der Waals surface area contributed by atoms with Gasteiger partial charge in [-0.3, -0.25) is 9.59 Å². The number of ether oxygens (including phenoxy) is 1. The van der Waals surface area contributed by atoms with Crippen LogP contribution in [0.3, 0.4) is 0 Å². The van der Waals surface area contributed by atoms with Crippen molar-refractivity contribution in [3.63, 3.8) is 0 Å². The number of Topliss-reactive ketones (excluding diaryl/α,β-unsaturated/α-hetero) is 2. The number of rotatable bonds is 4. The van der Waals surface area contributed by atoms with Crippen LogP contribution in [-0.2, 0) is 16.0 Å². The number of ketones is 2. The van der Waals surface area contributed by atoms with Gasteiger partial charge in [0.05, 0.1) is 13.5 Å². The van der Waals surface area contributed by atoms with Crippen LogP contribution < -0.4 is 10.5 Å². The van der Waals surface area contributed by atoms with Gasteiger partial charge in [-0.05, 0) is 83.7 Å². The maximum atomic E-state index is 13.4. The van der Waals surface area contributed by atoms with Crippen LogP contribution in [0.15, 0.2) is 60.3 Å². The van der Waals surface area contributed by atoms with Gasteiger partial charge in [-0.1, -0.05) is 65.3 Å². The first-order valence-electron chi connectivity index (χ1n) is 14.6. The van der Waals surface area contributed by atoms with Crippen LogP contribution in [0, 0.1) is 5.92 Å². The van der Waals surface area contributed by atoms with E-state index in [1.807, 2.05) is 39.9 Å². The predicted molar refractivity (Wildman–Crippen MR) is 173 cm³/mol. The number of nitrogens with zero attached hydrogens (tertiary/aromatic N) is 1. The van der Waals surface area contributed by atoms with Crippen molar-refractivity contribution in [1.82, 2.24) is 4.98 Å². The average Bonchev–Trinajstić information content (AvgIpc) is 3.17. The maximum Gasteiger partial charge on any atom is 0.166 e. The molecule has 2 heterocycles. The van der Waals surface area contributed by atoms with Gasteiger partial charge in [0.15, 0.2) is 17.3 Å². The number of fused-ring (bicyclic) bond motifs is 8. The SMILES string of the molecule is CCC1CCC(=O)CC(=O)C2=Cc3cc(OC)c(O)cc3C(CC2)c2cnc(N)c(c2)C(Cc2ccccc2)SSC1. The fourth-order valence-corrected chi connectivity index (χ4v) is 9.03. The van der Waals surface area contributed by atoms with Crippen LogP contribution in [0.1, 0.15) is 84.4 Å². The number of nitrogen functional groups attached to an aromatic ring is 1. The molecule has 220 valence electrons. The summed E-state index contributed by atoms with van der Waals surface area (Å²) in [6.45, 7) is 2.16. The number of nitrogens with two attached hydrogens (primary N) is 1. The van der Waals surface area contributed by atoms with Crippen LogP contribution in [0.2, 0.25) is 0 Å². The Labute approximate surface area is 255 Å². The smallest absolute Gasteiger partial charge is 0.166 e. The van der Waals surface area contributed by atoms with Gasteiger partial charge in [-0.15, -0.1) is 0 Å². The van der Waals surface area contributed by atoms with Gasteiger partial charge >= 0.3 is 0 Å². The topological polar surface area (TPSA) is 103 Å². The van der Waals surface area contributed by atoms with Crippen molar-refractivity contribution in [3.05, 3.63) is 88.1 Å². The number of aromatic nitrogens is 1. The molecule has 2 aliphatic rings. The lowest BCUT2D eigenvalue weighted by atomic mass is 9.85. The molecule has 0 spiro atoms. The minimum Gasteiger partial charge on any atom is -0.504 e. The van der Waals surface area contributed by atoms with E-state index >= 15 is 0 Å². The molecule has 3 atom stereocenters. The second kappa shape index (κ2) is 13.8. The minimum absolute atomic E-state index is 0.00351. The van der Waals surface area contributed by atoms with E-state index in [0.29, 0.717) is 42.3 Å². The van der Waals surface area contributed by atoms with Crippen molar-refractivity contribution in [3.8, 4) is 11.5 Å². The molecule has 4 bridgehead atoms. The molecule has 0 amide bonds. The molecule has 0 saturated heterocycles. The lowest BCUT2D eigenvalue weighted by Gasteiger charge is -2.23. The Kier molecular flexibility index (Phi) is 9.95. The molecule has 1 aliphatic carbocycles. The van der Waals surface area contributed by atoms with E-state index in [9.17, 15) is 14.7 Å². The van der Waals surface area contributed by atoms with Crippen molar-refractivity contribution in [1.29, 1.82) is 0 Å². The number of phenolic OH excluding ortho intramolecular Hbond substituents is 1. The van der Waals surface area contributed by atoms with Gasteiger partial charge in [0.1, 0.15) is 11.6 Å². The molecule has 6 nitrogen and oxygen atoms in total. The van der Waals surface area contributed by atoms with Crippen LogP contribution in [0.4, 0.5) is 5.82 Å². The van der Waals surface area contributed by atoms with Crippen molar-refractivity contribution in [2.24, 2.45) is 5.92 Å². The summed E-state index contributed by atoms with van der Waals surface area (Å²) in [7, 11) is 5.16. The molecule has 3 N–H and O–H groups in total. The molecular weight excluding hydrogens is 565 g/mol. The van der Waals surface area contributed by atoms with Gasteiger partial charge in [0.25, 0.3) is 0 Å². The maximum absolute atomic E-state index is 13.4. The normalized spacial score (nSPS) is 21.7. The van der Waals surface area contributed by atoms with Gasteiger partial charge in [-0.2, -0.15) is 0 Å². The summed E-state index contributed by atoms with van der Waals surface area (Å²) in [6, 6.07) is 16.1. The minimum atomic E-state index is -0.129. The number of anilines is 1. The van der Waals surface area contributed by atoms with Crippen LogP contribution in [0.5, 0.6) is 11.5 Å². The predicted octanol–water partition coefficient (Wildman–Crippen LogP) is 7.70. The summed E-state index contributed by atoms with van der Waals surface area (Å²) in [5.74, 6) is 1.96. The van der Waals surface area contributed by atoms with E-state index < -0.39 is 0 Å². The number of carbonyl (C=O) groups is 2. The molecule has 5 rings (SSSR count). The summed E-state index contributed by atoms with van der Waals surface area (Å²) in [6.07, 6.45) is 7.76. The van der Waals surface area contributed by atoms with E-state index in [0.717, 1.165) is 47.3 Å². The molecule has 2 aromatic carbocycles. The van der Waals surface area contributed by atoms with Crippen molar-refractivity contribution < 1.29 is 19.4 Å². The number of hydrogen-bond acceptors (Lipinski definition) is 8. The quantitative estimate of drug-likeness (QED) is 0.231. The number of carbonyl (C=O) groups excluding carboxylic acids is 2. The van der Waals surface area contributed by atoms with Gasteiger partial charge in [0, 0.05) is 35.1 Å². The number of hydrogen-bond donors (Lipinski definition) is 2. The Morgan fingerprint density at radius 1 is 1.07 bits per heavy atom. The molecule has 0 radical (unpaired) electrons. The second-order valence-corrected chi connectivity index (χ2v) is 13.8. The summed E-state index contributed by atoms with van der Waals surface area (Å²) >= 11 is 0. The molecule has 42 heavy (non-hydrogen) atoms. The van der Waals surface area contributed by atoms with Crippen LogP contribution >= 0.6 is 21.6 Å². The number of benzene rings is 2. The zero-order chi connectivity index (χ0) is 29.6. The van der Waals surface area contributed by atoms with E-state index in [4.69, 9.17) is 10.5 Å². The highest BCUT2D eigenvalue weighted by Gasteiger charge is 2.28. The zero-order valence-electron chi connectivity index (χ0n) is 24.2. The highest BCUT2D eigenvalue weighted by molar-refractivity contribution is 8.76. The highest BCUT2D eigenvalue weighted by atomic mass is 33.1. The largest absolute Gasteiger partial charge is 0.504 e. The fraction of sp³-hybridized carbons (Fsp3) is 0.382. The number of methoxy groups -OCH3 is 1. The molecule has 3 aromatic rings. The summed E-state index contributed by atoms with van der Waals surface area (Å²) in [5, 5.41) is 10.8. The highest BCUT2D eigenvalue weighted by Crippen LogP contribution is 2.46. The Balaban J connectivity index is 1.61. The number of phenols is 1. The first-order valence-corrected chi connectivity index (χ1v) is 17.0. The monoisotopic (exact) mass is 602 g/mol. The third-order valence-electron chi connectivity index (χ3n) is 8.39. The first-order chi connectivity index (χ1) is 20.4. The number of pyridine rings is 1. The van der Waals surface area contributed by atoms with Gasteiger partial charge in [-0.25, -0.2) is 4.98 Å². The second-order valence-electron chi connectivity index (χ2n) is 11.2. The van der Waals surface area contributed by atoms with E-state index in [-0.39, 0.29) is 34.9 Å². The zero-order valence-corrected chi connectivity index (χ0v) is 25.8. The molecule has 1 aromatic heterocycles. The Morgan fingerprint density at radius 2 is 1.88 bits per heavy atom. The van der Waals surface area contributed by atoms with Crippen LogP contribution in [-0.4, -0.2) is 34.5 Å². The summed E-state index contributed by atoms with van der Waals surface area (Å²) < 4.78 is 5.41. The molecule has 0 saturated carbocycles.